The molecule has 0 unspecified atom stereocenters. The summed E-state index contributed by atoms with van der Waals surface area (Å²) in [6.07, 6.45) is 8.04. The van der Waals surface area contributed by atoms with E-state index in [4.69, 9.17) is 0 Å². The number of hydrogen-bond acceptors (Lipinski definition) is 5. The fraction of sp³-hybridized carbons (Fsp3) is 0.368. The number of nitrogens with one attached hydrogen (secondary N) is 1. The molecule has 1 aliphatic rings. The topological polar surface area (TPSA) is 80.9 Å². The summed E-state index contributed by atoms with van der Waals surface area (Å²) in [6, 6.07) is 7.55. The van der Waals surface area contributed by atoms with Gasteiger partial charge in [-0.2, -0.15) is 5.10 Å². The lowest BCUT2D eigenvalue weighted by Gasteiger charge is -2.24. The summed E-state index contributed by atoms with van der Waals surface area (Å²) in [4.78, 5) is 23.4. The van der Waals surface area contributed by atoms with Gasteiger partial charge < -0.3 is 14.8 Å². The van der Waals surface area contributed by atoms with Gasteiger partial charge in [-0.05, 0) is 36.6 Å². The summed E-state index contributed by atoms with van der Waals surface area (Å²) >= 11 is 0. The number of aromatic nitrogens is 5. The Morgan fingerprint density at radius 1 is 1.19 bits per heavy atom. The molecule has 1 aliphatic heterocycles. The van der Waals surface area contributed by atoms with E-state index < -0.39 is 0 Å². The Balaban J connectivity index is 1.47. The molecular formula is C19H23N7O. The number of fused-ring (bicyclic) bond motifs is 1. The van der Waals surface area contributed by atoms with Crippen molar-refractivity contribution in [1.82, 2.24) is 29.2 Å². The number of carbonyl (C=O) groups is 1. The predicted octanol–water partition coefficient (Wildman–Crippen LogP) is 1.79. The monoisotopic (exact) mass is 365 g/mol. The smallest absolute Gasteiger partial charge is 0.270 e. The highest BCUT2D eigenvalue weighted by atomic mass is 16.2. The van der Waals surface area contributed by atoms with Gasteiger partial charge in [-0.1, -0.05) is 0 Å². The third-order valence-corrected chi connectivity index (χ3v) is 4.92. The summed E-state index contributed by atoms with van der Waals surface area (Å²) in [5.41, 5.74) is 1.77. The maximum Gasteiger partial charge on any atom is 0.270 e. The van der Waals surface area contributed by atoms with Crippen LogP contribution in [0.2, 0.25) is 0 Å². The van der Waals surface area contributed by atoms with Crippen LogP contribution in [0.3, 0.4) is 0 Å². The molecule has 0 saturated carbocycles. The van der Waals surface area contributed by atoms with Crippen LogP contribution in [0.15, 0.2) is 49.1 Å². The van der Waals surface area contributed by atoms with E-state index in [-0.39, 0.29) is 5.91 Å². The van der Waals surface area contributed by atoms with Crippen LogP contribution in [0.5, 0.6) is 0 Å². The van der Waals surface area contributed by atoms with Gasteiger partial charge >= 0.3 is 0 Å². The predicted molar refractivity (Wildman–Crippen MR) is 101 cm³/mol. The number of rotatable bonds is 5. The highest BCUT2D eigenvalue weighted by molar-refractivity contribution is 5.92. The van der Waals surface area contributed by atoms with E-state index in [2.05, 4.69) is 20.4 Å². The SMILES string of the molecule is Cn1cccc1C(=O)N1Cc2ccnn2C[C@H](CCNc2ncccn2)C1. The van der Waals surface area contributed by atoms with Crippen molar-refractivity contribution in [3.8, 4) is 0 Å². The fourth-order valence-electron chi connectivity index (χ4n) is 3.49. The van der Waals surface area contributed by atoms with Crippen LogP contribution in [0.1, 0.15) is 22.6 Å². The van der Waals surface area contributed by atoms with Crippen molar-refractivity contribution in [2.75, 3.05) is 18.4 Å². The van der Waals surface area contributed by atoms with Gasteiger partial charge in [0.2, 0.25) is 5.95 Å². The van der Waals surface area contributed by atoms with Crippen molar-refractivity contribution >= 4 is 11.9 Å². The minimum atomic E-state index is 0.0569. The zero-order chi connectivity index (χ0) is 18.6. The zero-order valence-electron chi connectivity index (χ0n) is 15.3. The van der Waals surface area contributed by atoms with Crippen LogP contribution in [-0.2, 0) is 20.1 Å². The first-order chi connectivity index (χ1) is 13.2. The van der Waals surface area contributed by atoms with Crippen molar-refractivity contribution < 1.29 is 4.79 Å². The minimum absolute atomic E-state index is 0.0569. The molecule has 3 aromatic rings. The molecule has 0 fully saturated rings. The molecule has 8 nitrogen and oxygen atoms in total. The van der Waals surface area contributed by atoms with E-state index >= 15 is 0 Å². The third kappa shape index (κ3) is 3.84. The van der Waals surface area contributed by atoms with E-state index in [0.29, 0.717) is 30.6 Å². The molecule has 0 saturated heterocycles. The third-order valence-electron chi connectivity index (χ3n) is 4.92. The first kappa shape index (κ1) is 17.3. The van der Waals surface area contributed by atoms with Gasteiger partial charge in [0.1, 0.15) is 5.69 Å². The van der Waals surface area contributed by atoms with Gasteiger partial charge in [0.15, 0.2) is 0 Å². The second-order valence-electron chi connectivity index (χ2n) is 6.85. The van der Waals surface area contributed by atoms with Gasteiger partial charge in [-0.3, -0.25) is 9.48 Å². The molecular weight excluding hydrogens is 342 g/mol. The highest BCUT2D eigenvalue weighted by Crippen LogP contribution is 2.20. The van der Waals surface area contributed by atoms with E-state index in [9.17, 15) is 4.79 Å². The van der Waals surface area contributed by atoms with Crippen LogP contribution < -0.4 is 5.32 Å². The number of carbonyl (C=O) groups excluding carboxylic acids is 1. The van der Waals surface area contributed by atoms with Gasteiger partial charge in [0, 0.05) is 51.5 Å². The van der Waals surface area contributed by atoms with E-state index in [1.54, 1.807) is 24.7 Å². The molecule has 4 rings (SSSR count). The van der Waals surface area contributed by atoms with Gasteiger partial charge in [0.25, 0.3) is 5.91 Å². The molecule has 1 atom stereocenters. The molecule has 0 aromatic carbocycles. The van der Waals surface area contributed by atoms with Crippen LogP contribution in [0.25, 0.3) is 0 Å². The van der Waals surface area contributed by atoms with E-state index in [0.717, 1.165) is 25.2 Å². The number of nitrogens with zero attached hydrogens (tertiary/aromatic N) is 6. The first-order valence-electron chi connectivity index (χ1n) is 9.13. The number of hydrogen-bond donors (Lipinski definition) is 1. The molecule has 8 heteroatoms. The molecule has 0 aliphatic carbocycles. The van der Waals surface area contributed by atoms with Crippen LogP contribution in [-0.4, -0.2) is 48.2 Å². The molecule has 0 radical (unpaired) electrons. The van der Waals surface area contributed by atoms with Crippen LogP contribution in [0.4, 0.5) is 5.95 Å². The molecule has 3 aromatic heterocycles. The van der Waals surface area contributed by atoms with Crippen molar-refractivity contribution in [3.63, 3.8) is 0 Å². The molecule has 4 heterocycles. The van der Waals surface area contributed by atoms with Crippen LogP contribution in [0, 0.1) is 5.92 Å². The Morgan fingerprint density at radius 3 is 2.81 bits per heavy atom. The quantitative estimate of drug-likeness (QED) is 0.745. The number of amides is 1. The van der Waals surface area contributed by atoms with E-state index in [1.165, 1.54) is 0 Å². The first-order valence-corrected chi connectivity index (χ1v) is 9.13. The van der Waals surface area contributed by atoms with Crippen LogP contribution >= 0.6 is 0 Å². The van der Waals surface area contributed by atoms with E-state index in [1.807, 2.05) is 45.6 Å². The Kier molecular flexibility index (Phi) is 4.86. The van der Waals surface area contributed by atoms with Gasteiger partial charge in [-0.15, -0.1) is 0 Å². The number of aryl methyl sites for hydroxylation is 1. The lowest BCUT2D eigenvalue weighted by atomic mass is 10.1. The highest BCUT2D eigenvalue weighted by Gasteiger charge is 2.27. The average Bonchev–Trinajstić information content (AvgIpc) is 3.26. The average molecular weight is 365 g/mol. The molecule has 0 bridgehead atoms. The Bertz CT molecular complexity index is 902. The second-order valence-corrected chi connectivity index (χ2v) is 6.85. The van der Waals surface area contributed by atoms with Crippen molar-refractivity contribution in [2.45, 2.75) is 19.5 Å². The summed E-state index contributed by atoms with van der Waals surface area (Å²) in [5, 5.41) is 7.69. The summed E-state index contributed by atoms with van der Waals surface area (Å²) in [6.45, 7) is 2.83. The summed E-state index contributed by atoms with van der Waals surface area (Å²) in [5.74, 6) is 0.982. The Morgan fingerprint density at radius 2 is 2.04 bits per heavy atom. The molecule has 1 N–H and O–H groups in total. The minimum Gasteiger partial charge on any atom is -0.354 e. The summed E-state index contributed by atoms with van der Waals surface area (Å²) < 4.78 is 3.88. The molecule has 140 valence electrons. The fourth-order valence-corrected chi connectivity index (χ4v) is 3.49. The standard InChI is InChI=1S/C19H23N7O/c1-24-11-2-4-17(24)18(27)25-12-15(13-26-16(14-25)6-10-23-26)5-9-22-19-20-7-3-8-21-19/h2-4,6-8,10-11,15H,5,9,12-14H2,1H3,(H,20,21,22)/t15-/m1/s1. The van der Waals surface area contributed by atoms with Crippen molar-refractivity contribution in [1.29, 1.82) is 0 Å². The Hall–Kier alpha value is -3.16. The van der Waals surface area contributed by atoms with Crippen molar-refractivity contribution in [3.05, 3.63) is 60.4 Å². The van der Waals surface area contributed by atoms with Crippen molar-refractivity contribution in [2.24, 2.45) is 13.0 Å². The normalized spacial score (nSPS) is 16.6. The zero-order valence-corrected chi connectivity index (χ0v) is 15.3. The molecule has 1 amide bonds. The largest absolute Gasteiger partial charge is 0.354 e. The number of anilines is 1. The summed E-state index contributed by atoms with van der Waals surface area (Å²) in [7, 11) is 1.90. The van der Waals surface area contributed by atoms with Gasteiger partial charge in [0.05, 0.1) is 12.2 Å². The Labute approximate surface area is 157 Å². The second kappa shape index (κ2) is 7.61. The maximum absolute atomic E-state index is 13.0. The molecule has 27 heavy (non-hydrogen) atoms. The lowest BCUT2D eigenvalue weighted by molar-refractivity contribution is 0.0709. The lowest BCUT2D eigenvalue weighted by Crippen LogP contribution is -2.35. The van der Waals surface area contributed by atoms with Gasteiger partial charge in [-0.25, -0.2) is 9.97 Å². The maximum atomic E-state index is 13.0. The molecule has 0 spiro atoms.